The van der Waals surface area contributed by atoms with E-state index in [4.69, 9.17) is 9.66 Å². The van der Waals surface area contributed by atoms with E-state index < -0.39 is 26.6 Å². The van der Waals surface area contributed by atoms with Gasteiger partial charge in [0.15, 0.2) is 9.84 Å². The Balaban J connectivity index is 2.51. The number of rotatable bonds is 8. The number of sulfone groups is 1. The van der Waals surface area contributed by atoms with Crippen LogP contribution in [0.15, 0.2) is 29.2 Å². The number of benzene rings is 1. The van der Waals surface area contributed by atoms with E-state index in [9.17, 15) is 16.8 Å². The Bertz CT molecular complexity index is 639. The van der Waals surface area contributed by atoms with E-state index in [2.05, 4.69) is 5.32 Å². The minimum Gasteiger partial charge on any atom is -0.395 e. The van der Waals surface area contributed by atoms with Gasteiger partial charge >= 0.3 is 0 Å². The largest absolute Gasteiger partial charge is 0.395 e. The molecule has 0 spiro atoms. The second-order valence-corrected chi connectivity index (χ2v) is 7.88. The van der Waals surface area contributed by atoms with Crippen molar-refractivity contribution < 1.29 is 26.5 Å². The highest BCUT2D eigenvalue weighted by atomic mass is 32.2. The van der Waals surface area contributed by atoms with Crippen LogP contribution < -0.4 is 5.32 Å². The van der Waals surface area contributed by atoms with Crippen molar-refractivity contribution in [2.45, 2.75) is 11.3 Å². The van der Waals surface area contributed by atoms with E-state index in [1.165, 1.54) is 18.2 Å². The zero-order valence-electron chi connectivity index (χ0n) is 10.7. The lowest BCUT2D eigenvalue weighted by atomic mass is 10.3. The molecule has 0 atom stereocenters. The molecule has 0 amide bonds. The lowest BCUT2D eigenvalue weighted by molar-refractivity contribution is 0.319. The van der Waals surface area contributed by atoms with Crippen LogP contribution in [0.4, 0.5) is 5.69 Å². The molecule has 0 aromatic heterocycles. The molecule has 1 aromatic carbocycles. The Morgan fingerprint density at radius 3 is 2.40 bits per heavy atom. The van der Waals surface area contributed by atoms with Crippen LogP contribution in [0.2, 0.25) is 0 Å². The van der Waals surface area contributed by atoms with Crippen molar-refractivity contribution in [3.8, 4) is 0 Å². The minimum atomic E-state index is -4.25. The zero-order chi connectivity index (χ0) is 15.2. The monoisotopic (exact) mass is 323 g/mol. The minimum absolute atomic E-state index is 0.0570. The highest BCUT2D eigenvalue weighted by Crippen LogP contribution is 2.14. The molecule has 20 heavy (non-hydrogen) atoms. The summed E-state index contributed by atoms with van der Waals surface area (Å²) in [6.07, 6.45) is 0.332. The van der Waals surface area contributed by atoms with Gasteiger partial charge in [-0.3, -0.25) is 4.55 Å². The Hall–Kier alpha value is -1.16. The molecule has 1 rings (SSSR count). The van der Waals surface area contributed by atoms with Crippen LogP contribution in [0.5, 0.6) is 0 Å². The third kappa shape index (κ3) is 5.87. The van der Waals surface area contributed by atoms with Crippen LogP contribution in [-0.4, -0.2) is 51.2 Å². The molecule has 1 aromatic rings. The second-order valence-electron chi connectivity index (χ2n) is 4.16. The summed E-state index contributed by atoms with van der Waals surface area (Å²) in [7, 11) is -7.49. The van der Waals surface area contributed by atoms with E-state index in [1.54, 1.807) is 6.07 Å². The van der Waals surface area contributed by atoms with Gasteiger partial charge in [-0.15, -0.1) is 0 Å². The van der Waals surface area contributed by atoms with Gasteiger partial charge in [0.2, 0.25) is 0 Å². The molecule has 0 aliphatic carbocycles. The van der Waals surface area contributed by atoms with Crippen LogP contribution in [0.25, 0.3) is 0 Å². The van der Waals surface area contributed by atoms with Crippen molar-refractivity contribution in [3.05, 3.63) is 24.3 Å². The third-order valence-electron chi connectivity index (χ3n) is 2.50. The van der Waals surface area contributed by atoms with Crippen LogP contribution in [0, 0.1) is 0 Å². The maximum atomic E-state index is 11.3. The number of anilines is 1. The summed E-state index contributed by atoms with van der Waals surface area (Å²) in [5.74, 6) is -0.316. The summed E-state index contributed by atoms with van der Waals surface area (Å²) in [4.78, 5) is -0.226. The first-order valence-electron chi connectivity index (χ1n) is 5.87. The van der Waals surface area contributed by atoms with E-state index in [1.807, 2.05) is 0 Å². The number of nitrogens with one attached hydrogen (secondary N) is 1. The average Bonchev–Trinajstić information content (AvgIpc) is 2.34. The topological polar surface area (TPSA) is 121 Å². The van der Waals surface area contributed by atoms with Gasteiger partial charge in [-0.2, -0.15) is 8.42 Å². The van der Waals surface area contributed by atoms with Gasteiger partial charge in [-0.25, -0.2) is 8.42 Å². The van der Waals surface area contributed by atoms with Crippen LogP contribution in [-0.2, 0) is 20.0 Å². The standard InChI is InChI=1S/C11H17NO6S2/c13-6-8-19(14,15)7-2-5-12-10-3-1-4-11(9-10)20(16,17)18/h1,3-4,9,12-13H,2,5-8H2,(H,16,17,18). The fourth-order valence-corrected chi connectivity index (χ4v) is 3.13. The summed E-state index contributed by atoms with van der Waals surface area (Å²) in [5, 5.41) is 11.4. The fourth-order valence-electron chi connectivity index (χ4n) is 1.53. The molecule has 0 bridgehead atoms. The molecular weight excluding hydrogens is 306 g/mol. The Labute approximate surface area is 118 Å². The molecule has 0 aliphatic heterocycles. The summed E-state index contributed by atoms with van der Waals surface area (Å²) in [5.41, 5.74) is 0.472. The van der Waals surface area contributed by atoms with E-state index in [0.717, 1.165) is 0 Å². The summed E-state index contributed by atoms with van der Waals surface area (Å²) < 4.78 is 53.4. The van der Waals surface area contributed by atoms with Crippen molar-refractivity contribution >= 4 is 25.6 Å². The summed E-state index contributed by atoms with van der Waals surface area (Å²) in [6.45, 7) is -0.0637. The first-order valence-corrected chi connectivity index (χ1v) is 9.13. The van der Waals surface area contributed by atoms with Crippen LogP contribution >= 0.6 is 0 Å². The highest BCUT2D eigenvalue weighted by Gasteiger charge is 2.10. The predicted octanol–water partition coefficient (Wildman–Crippen LogP) is 0.142. The van der Waals surface area contributed by atoms with E-state index >= 15 is 0 Å². The van der Waals surface area contributed by atoms with Crippen molar-refractivity contribution in [1.82, 2.24) is 0 Å². The van der Waals surface area contributed by atoms with Gasteiger partial charge in [0.1, 0.15) is 0 Å². The lowest BCUT2D eigenvalue weighted by Crippen LogP contribution is -2.16. The van der Waals surface area contributed by atoms with Crippen molar-refractivity contribution in [2.75, 3.05) is 30.0 Å². The summed E-state index contributed by atoms with van der Waals surface area (Å²) in [6, 6.07) is 5.59. The van der Waals surface area contributed by atoms with Crippen molar-refractivity contribution in [1.29, 1.82) is 0 Å². The molecule has 7 nitrogen and oxygen atoms in total. The van der Waals surface area contributed by atoms with Gasteiger partial charge in [-0.05, 0) is 24.6 Å². The molecule has 0 heterocycles. The van der Waals surface area contributed by atoms with Crippen molar-refractivity contribution in [2.24, 2.45) is 0 Å². The second kappa shape index (κ2) is 7.02. The van der Waals surface area contributed by atoms with Gasteiger partial charge in [0, 0.05) is 12.2 Å². The van der Waals surface area contributed by atoms with E-state index in [-0.39, 0.29) is 16.4 Å². The first kappa shape index (κ1) is 16.9. The molecule has 114 valence electrons. The molecule has 0 saturated carbocycles. The van der Waals surface area contributed by atoms with Gasteiger partial charge < -0.3 is 10.4 Å². The Kier molecular flexibility index (Phi) is 5.93. The molecule has 3 N–H and O–H groups in total. The number of aliphatic hydroxyl groups excluding tert-OH is 1. The molecule has 0 fully saturated rings. The molecule has 9 heteroatoms. The van der Waals surface area contributed by atoms with Crippen LogP contribution in [0.3, 0.4) is 0 Å². The van der Waals surface area contributed by atoms with E-state index in [0.29, 0.717) is 18.7 Å². The predicted molar refractivity (Wildman–Crippen MR) is 75.1 cm³/mol. The number of hydrogen-bond donors (Lipinski definition) is 3. The molecule has 0 radical (unpaired) electrons. The van der Waals surface area contributed by atoms with Gasteiger partial charge in [0.05, 0.1) is 23.0 Å². The van der Waals surface area contributed by atoms with Crippen LogP contribution in [0.1, 0.15) is 6.42 Å². The lowest BCUT2D eigenvalue weighted by Gasteiger charge is -2.07. The smallest absolute Gasteiger partial charge is 0.294 e. The normalized spacial score (nSPS) is 12.3. The molecule has 0 aliphatic rings. The number of aliphatic hydroxyl groups is 1. The van der Waals surface area contributed by atoms with Gasteiger partial charge in [0.25, 0.3) is 10.1 Å². The molecule has 0 unspecified atom stereocenters. The Morgan fingerprint density at radius 2 is 1.80 bits per heavy atom. The third-order valence-corrected chi connectivity index (χ3v) is 5.06. The fraction of sp³-hybridized carbons (Fsp3) is 0.455. The molecular formula is C11H17NO6S2. The van der Waals surface area contributed by atoms with Crippen molar-refractivity contribution in [3.63, 3.8) is 0 Å². The average molecular weight is 323 g/mol. The Morgan fingerprint density at radius 1 is 1.10 bits per heavy atom. The quantitative estimate of drug-likeness (QED) is 0.459. The van der Waals surface area contributed by atoms with Gasteiger partial charge in [-0.1, -0.05) is 6.07 Å². The maximum absolute atomic E-state index is 11.3. The summed E-state index contributed by atoms with van der Waals surface area (Å²) >= 11 is 0. The highest BCUT2D eigenvalue weighted by molar-refractivity contribution is 7.91. The zero-order valence-corrected chi connectivity index (χ0v) is 12.3. The molecule has 0 saturated heterocycles. The SMILES string of the molecule is O=S(=O)(CCO)CCCNc1cccc(S(=O)(=O)O)c1. The number of hydrogen-bond acceptors (Lipinski definition) is 6. The maximum Gasteiger partial charge on any atom is 0.294 e. The first-order chi connectivity index (χ1) is 9.24.